The van der Waals surface area contributed by atoms with Gasteiger partial charge in [0.05, 0.1) is 16.9 Å². The average molecular weight is 2600 g/mol. The zero-order valence-electron chi connectivity index (χ0n) is 53.0. The molecular formula is C60H25F36Ir5N6O2S3-5. The number of carbonyl (C=O) groups excluding carboxylic acids is 1. The van der Waals surface area contributed by atoms with Crippen LogP contribution in [0.1, 0.15) is 42.6 Å². The third kappa shape index (κ3) is 15.2. The van der Waals surface area contributed by atoms with Gasteiger partial charge in [-0.3, -0.25) is 18.9 Å². The van der Waals surface area contributed by atoms with Gasteiger partial charge < -0.3 is 19.4 Å². The molecule has 0 saturated carbocycles. The van der Waals surface area contributed by atoms with Gasteiger partial charge in [-0.05, 0) is 59.9 Å². The van der Waals surface area contributed by atoms with E-state index >= 15 is 0 Å². The normalized spacial score (nSPS) is 23.1. The third-order valence-corrected chi connectivity index (χ3v) is 18.4. The summed E-state index contributed by atoms with van der Waals surface area (Å²) in [5.41, 5.74) is -10.3. The fraction of sp³-hybridized carbons (Fsp3) is 0.367. The molecular weight excluding hydrogens is 2580 g/mol. The fourth-order valence-electron chi connectivity index (χ4n) is 9.52. The number of rotatable bonds is 5. The fourth-order valence-corrected chi connectivity index (χ4v) is 12.0. The van der Waals surface area contributed by atoms with E-state index in [0.717, 1.165) is 22.4 Å². The molecule has 13 rings (SSSR count). The summed E-state index contributed by atoms with van der Waals surface area (Å²) in [6, 6.07) is 16.2. The quantitative estimate of drug-likeness (QED) is 0.125. The Morgan fingerprint density at radius 2 is 0.804 bits per heavy atom. The van der Waals surface area contributed by atoms with Crippen molar-refractivity contribution in [1.82, 2.24) is 29.1 Å². The molecule has 5 heterocycles. The van der Waals surface area contributed by atoms with E-state index in [-0.39, 0.29) is 143 Å². The summed E-state index contributed by atoms with van der Waals surface area (Å²) in [6.07, 6.45) is 4.33. The Bertz CT molecular complexity index is 4810. The van der Waals surface area contributed by atoms with Gasteiger partial charge in [0.25, 0.3) is 35.4 Å². The number of allylic oxidation sites excluding steroid dienone is 10. The number of ketones is 1. The molecule has 5 radical (unpaired) electrons. The van der Waals surface area contributed by atoms with Crippen molar-refractivity contribution in [2.75, 3.05) is 0 Å². The third-order valence-electron chi connectivity index (χ3n) is 15.5. The minimum absolute atomic E-state index is 0. The Kier molecular flexibility index (Phi) is 27.7. The van der Waals surface area contributed by atoms with Gasteiger partial charge in [0.1, 0.15) is 5.58 Å². The zero-order valence-corrected chi connectivity index (χ0v) is 67.4. The van der Waals surface area contributed by atoms with Gasteiger partial charge >= 0.3 is 77.0 Å². The second-order valence-corrected chi connectivity index (χ2v) is 25.9. The van der Waals surface area contributed by atoms with E-state index in [4.69, 9.17) is 4.42 Å². The Morgan fingerprint density at radius 3 is 1.21 bits per heavy atom. The standard InChI is InChI=1S/C14H7F8N2.C13H4F8NO.C13H4F8NS.C10H4F8NS.C10H6F4NOS.5Ir/c1-24-9-5-3-2-4-7(9)10(23-24)8-6-11(15,16)13(19,20)14(21,22)12(8,17)18;2*14-10(15)5-6(11(16,17)13(20,21)12(10,18)19)9-22-7-3-1-2-4-8(7)23-9;1-4-3-19-6(20-4)5-2-7(11,12)9(15,16)10(17,18)8(5,13)14;1-4-5(2)17-15-7(4)6-3-9(11,12)8(16)10(6,13)14;;;;;/h2-5H,1H3;2*1-4H;3H,1H3;1-2H3;;;;;/q5*-1;;;;;. The van der Waals surface area contributed by atoms with Crippen molar-refractivity contribution in [2.24, 2.45) is 7.05 Å². The summed E-state index contributed by atoms with van der Waals surface area (Å²) in [7, 11) is 1.26. The average Bonchev–Trinajstić information content (AvgIpc) is 0.875. The largest absolute Gasteiger partial charge is 0.525 e. The van der Waals surface area contributed by atoms with Crippen LogP contribution >= 0.6 is 34.2 Å². The number of hydrogen-bond acceptors (Lipinski definition) is 10. The summed E-state index contributed by atoms with van der Waals surface area (Å²) in [5.74, 6) is -107. The number of aromatic nitrogens is 6. The molecule has 5 aliphatic carbocycles. The molecule has 8 aromatic rings. The molecule has 0 amide bonds. The molecule has 0 bridgehead atoms. The summed E-state index contributed by atoms with van der Waals surface area (Å²) in [4.78, 5) is 21.9. The molecule has 8 nitrogen and oxygen atoms in total. The number of nitrogens with zero attached hydrogens (tertiary/aromatic N) is 6. The van der Waals surface area contributed by atoms with Crippen molar-refractivity contribution in [3.8, 4) is 0 Å². The number of thiazole rings is 2. The summed E-state index contributed by atoms with van der Waals surface area (Å²) in [5, 5.41) is 1.53. The summed E-state index contributed by atoms with van der Waals surface area (Å²) >= 11 is 1.72. The Labute approximate surface area is 678 Å². The van der Waals surface area contributed by atoms with Crippen molar-refractivity contribution in [3.63, 3.8) is 0 Å². The maximum atomic E-state index is 14.0. The van der Waals surface area contributed by atoms with Crippen molar-refractivity contribution >= 4 is 100 Å². The summed E-state index contributed by atoms with van der Waals surface area (Å²) < 4.78 is 489. The van der Waals surface area contributed by atoms with Crippen LogP contribution in [0.2, 0.25) is 0 Å². The zero-order chi connectivity index (χ0) is 81.2. The molecule has 0 N–H and O–H groups in total. The number of carbonyl (C=O) groups is 1. The number of benzene rings is 3. The van der Waals surface area contributed by atoms with Crippen LogP contribution in [-0.2, 0) is 112 Å². The van der Waals surface area contributed by atoms with Gasteiger partial charge in [-0.1, -0.05) is 83.1 Å². The molecule has 0 unspecified atom stereocenters. The Balaban J connectivity index is 0.000000293. The monoisotopic (exact) mass is 2610 g/mol. The van der Waals surface area contributed by atoms with Crippen molar-refractivity contribution < 1.29 is 268 Å². The molecule has 52 heteroatoms. The smallest absolute Gasteiger partial charge is 0.378 e. The first kappa shape index (κ1) is 99.2. The van der Waals surface area contributed by atoms with Gasteiger partial charge in [-0.25, -0.2) is 66.6 Å². The Hall–Kier alpha value is -5.15. The number of halogens is 36. The molecule has 0 spiro atoms. The predicted octanol–water partition coefficient (Wildman–Crippen LogP) is 20.9. The molecule has 5 aromatic heterocycles. The minimum Gasteiger partial charge on any atom is -0.525 e. The molecule has 627 valence electrons. The van der Waals surface area contributed by atoms with Crippen LogP contribution in [0.5, 0.6) is 0 Å². The van der Waals surface area contributed by atoms with Crippen LogP contribution in [-0.4, -0.2) is 141 Å². The van der Waals surface area contributed by atoms with E-state index in [0.29, 0.717) is 57.4 Å². The molecule has 5 aliphatic rings. The van der Waals surface area contributed by atoms with Gasteiger partial charge in [0.15, 0.2) is 0 Å². The molecule has 0 fully saturated rings. The van der Waals surface area contributed by atoms with Gasteiger partial charge in [0.2, 0.25) is 0 Å². The van der Waals surface area contributed by atoms with Gasteiger partial charge in [-0.15, -0.1) is 22.3 Å². The first-order valence-electron chi connectivity index (χ1n) is 27.8. The predicted molar refractivity (Wildman–Crippen MR) is 300 cm³/mol. The number of alkyl halides is 36. The molecule has 0 aliphatic heterocycles. The molecule has 112 heavy (non-hydrogen) atoms. The number of fused-ring (bicyclic) bond motifs is 3. The van der Waals surface area contributed by atoms with E-state index in [1.165, 1.54) is 99.8 Å². The van der Waals surface area contributed by atoms with E-state index in [9.17, 15) is 163 Å². The second-order valence-electron chi connectivity index (χ2n) is 22.6. The number of hydrogen-bond donors (Lipinski definition) is 0. The molecule has 0 atom stereocenters. The maximum absolute atomic E-state index is 14.0. The topological polar surface area (TPSA) is 99.6 Å². The van der Waals surface area contributed by atoms with E-state index in [2.05, 4.69) is 24.4 Å². The minimum atomic E-state index is -6.36. The van der Waals surface area contributed by atoms with Crippen molar-refractivity contribution in [1.29, 1.82) is 0 Å². The first-order valence-corrected chi connectivity index (χ1v) is 30.2. The SMILES string of the molecule is Cc1cnc(C2=[C-]C(F)(F)C(F)(F)C(F)(F)C2(F)F)s1.Cc1snc(C2=[C-]C(F)(F)C(=O)C2(F)F)c1C.Cn1nc(C2=[C-]C(F)(F)C(F)(F)C(F)(F)C2(F)F)c2ccccc21.FC1(F)[C-]=C(c2nc3ccccc3o2)C(F)(F)C(F)(F)C1(F)F.FC1(F)[C-]=C(c2nc3ccccc3s2)C(F)(F)C(F)(F)C1(F)F.[Ir].[Ir].[Ir].[Ir].[Ir]. The van der Waals surface area contributed by atoms with Crippen LogP contribution < -0.4 is 0 Å². The molecule has 0 saturated heterocycles. The number of aryl methyl sites for hydroxylation is 3. The number of para-hydroxylation sites is 4. The van der Waals surface area contributed by atoms with Crippen LogP contribution in [0.4, 0.5) is 158 Å². The van der Waals surface area contributed by atoms with Gasteiger partial charge in [0, 0.05) is 134 Å². The first-order chi connectivity index (χ1) is 48.2. The molecule has 3 aromatic carbocycles. The second kappa shape index (κ2) is 31.3. The number of oxazole rings is 1. The van der Waals surface area contributed by atoms with Crippen LogP contribution in [0.25, 0.3) is 60.1 Å². The van der Waals surface area contributed by atoms with E-state index in [1.807, 2.05) is 0 Å². The van der Waals surface area contributed by atoms with Gasteiger partial charge in [-0.2, -0.15) is 145 Å². The summed E-state index contributed by atoms with van der Waals surface area (Å²) in [6.45, 7) is 4.47. The van der Waals surface area contributed by atoms with Crippen molar-refractivity contribution in [3.05, 3.63) is 152 Å². The Morgan fingerprint density at radius 1 is 0.411 bits per heavy atom. The van der Waals surface area contributed by atoms with E-state index in [1.54, 1.807) is 6.92 Å². The van der Waals surface area contributed by atoms with Crippen LogP contribution in [0.3, 0.4) is 0 Å². The van der Waals surface area contributed by atoms with E-state index < -0.39 is 162 Å². The maximum Gasteiger partial charge on any atom is 0.378 e. The number of Topliss-reactive ketones (excluding diaryl/α,β-unsaturated/α-hetero) is 1. The van der Waals surface area contributed by atoms with Crippen LogP contribution in [0, 0.1) is 51.2 Å². The van der Waals surface area contributed by atoms with Crippen molar-refractivity contribution in [2.45, 2.75) is 127 Å². The van der Waals surface area contributed by atoms with Crippen LogP contribution in [0.15, 0.2) is 83.4 Å².